The number of hydrogen-bond donors (Lipinski definition) is 1. The minimum atomic E-state index is -3.88. The molecule has 0 bridgehead atoms. The number of phosphoric acid groups is 1. The Balaban J connectivity index is 1.41. The number of aromatic nitrogens is 1. The molecule has 1 fully saturated rings. The van der Waals surface area contributed by atoms with E-state index in [2.05, 4.69) is 0 Å². The number of amides is 1. The number of hydrogen-bond acceptors (Lipinski definition) is 7. The van der Waals surface area contributed by atoms with Crippen molar-refractivity contribution in [1.29, 1.82) is 0 Å². The monoisotopic (exact) mass is 640 g/mol. The maximum atomic E-state index is 13.6. The van der Waals surface area contributed by atoms with E-state index >= 15 is 0 Å². The quantitative estimate of drug-likeness (QED) is 0.103. The lowest BCUT2D eigenvalue weighted by atomic mass is 10.0. The van der Waals surface area contributed by atoms with Crippen LogP contribution in [0.15, 0.2) is 54.7 Å². The van der Waals surface area contributed by atoms with Gasteiger partial charge in [0.15, 0.2) is 6.61 Å². The second-order valence-electron chi connectivity index (χ2n) is 12.1. The molecule has 1 heterocycles. The van der Waals surface area contributed by atoms with E-state index in [9.17, 15) is 14.2 Å². The van der Waals surface area contributed by atoms with Crippen molar-refractivity contribution in [3.63, 3.8) is 0 Å². The topological polar surface area (TPSA) is 119 Å². The number of Topliss-reactive ketones (excluding diaryl/α,β-unsaturated/α-hetero) is 1. The Bertz CT molecular complexity index is 1730. The Hall–Kier alpha value is -3.20. The summed E-state index contributed by atoms with van der Waals surface area (Å²) in [6.07, 6.45) is 3.90. The number of ketones is 1. The average molecular weight is 641 g/mol. The number of halogens is 1. The van der Waals surface area contributed by atoms with Crippen LogP contribution < -0.4 is 10.5 Å². The van der Waals surface area contributed by atoms with Crippen molar-refractivity contribution in [3.05, 3.63) is 76.4 Å². The molecule has 11 heteroatoms. The van der Waals surface area contributed by atoms with Crippen LogP contribution in [0.2, 0.25) is 5.02 Å². The fraction of sp³-hybridized carbons (Fsp3) is 0.394. The van der Waals surface area contributed by atoms with Crippen LogP contribution in [0.4, 0.5) is 0 Å². The fourth-order valence-electron chi connectivity index (χ4n) is 4.81. The molecule has 1 amide bonds. The molecule has 0 atom stereocenters. The van der Waals surface area contributed by atoms with Gasteiger partial charge >= 0.3 is 7.82 Å². The highest BCUT2D eigenvalue weighted by molar-refractivity contribution is 7.48. The number of carbonyl (C=O) groups is 2. The highest BCUT2D eigenvalue weighted by atomic mass is 35.5. The molecular formula is C33H38ClN2O7P. The number of nitrogens with two attached hydrogens (primary N) is 1. The van der Waals surface area contributed by atoms with Crippen LogP contribution in [0.5, 0.6) is 5.75 Å². The van der Waals surface area contributed by atoms with E-state index in [1.807, 2.05) is 45.9 Å². The lowest BCUT2D eigenvalue weighted by molar-refractivity contribution is 0.0769. The summed E-state index contributed by atoms with van der Waals surface area (Å²) in [6.45, 7) is 7.74. The first-order valence-corrected chi connectivity index (χ1v) is 16.6. The van der Waals surface area contributed by atoms with Crippen LogP contribution >= 0.6 is 19.4 Å². The molecular weight excluding hydrogens is 603 g/mol. The molecule has 0 spiro atoms. The third-order valence-corrected chi connectivity index (χ3v) is 8.86. The van der Waals surface area contributed by atoms with E-state index in [0.717, 1.165) is 29.1 Å². The van der Waals surface area contributed by atoms with Crippen LogP contribution in [-0.4, -0.2) is 36.1 Å². The standard InChI is InChI=1S/C33H38ClN2O7P/c1-20(2)16-41-44(39,42-17-21(3)4)43-19-36-15-29(27-10-8-23(13-30(27)36)22-5-6-22)31(37)18-40-32-14-24-7-9-26(34)11-25(24)12-28(32)33(35)38/h7-15,20-22H,5-6,16-19H2,1-4H3,(H2,35,38). The van der Waals surface area contributed by atoms with Crippen LogP contribution in [0, 0.1) is 11.8 Å². The molecule has 1 aromatic heterocycles. The van der Waals surface area contributed by atoms with Crippen molar-refractivity contribution >= 4 is 52.8 Å². The normalized spacial score (nSPS) is 13.8. The number of benzene rings is 3. The van der Waals surface area contributed by atoms with Gasteiger partial charge in [-0.15, -0.1) is 0 Å². The lowest BCUT2D eigenvalue weighted by Gasteiger charge is -2.20. The van der Waals surface area contributed by atoms with E-state index in [4.69, 9.17) is 35.6 Å². The third kappa shape index (κ3) is 7.71. The summed E-state index contributed by atoms with van der Waals surface area (Å²) < 4.78 is 38.2. The third-order valence-electron chi connectivity index (χ3n) is 7.27. The Morgan fingerprint density at radius 2 is 1.64 bits per heavy atom. The van der Waals surface area contributed by atoms with E-state index in [1.165, 1.54) is 5.56 Å². The minimum absolute atomic E-state index is 0.128. The maximum absolute atomic E-state index is 13.6. The first-order chi connectivity index (χ1) is 20.9. The molecule has 1 aliphatic rings. The molecule has 0 aliphatic heterocycles. The summed E-state index contributed by atoms with van der Waals surface area (Å²) in [5, 5.41) is 2.74. The van der Waals surface area contributed by atoms with Gasteiger partial charge < -0.3 is 15.0 Å². The van der Waals surface area contributed by atoms with Crippen molar-refractivity contribution in [2.24, 2.45) is 17.6 Å². The van der Waals surface area contributed by atoms with Gasteiger partial charge in [0.1, 0.15) is 12.5 Å². The van der Waals surface area contributed by atoms with Crippen molar-refractivity contribution in [2.75, 3.05) is 19.8 Å². The zero-order valence-corrected chi connectivity index (χ0v) is 27.0. The van der Waals surface area contributed by atoms with Crippen molar-refractivity contribution in [2.45, 2.75) is 53.2 Å². The number of carbonyl (C=O) groups excluding carboxylic acids is 2. The van der Waals surface area contributed by atoms with Gasteiger partial charge in [0.25, 0.3) is 5.91 Å². The van der Waals surface area contributed by atoms with Gasteiger partial charge in [-0.3, -0.25) is 23.2 Å². The minimum Gasteiger partial charge on any atom is -0.485 e. The van der Waals surface area contributed by atoms with Crippen LogP contribution in [0.25, 0.3) is 21.7 Å². The van der Waals surface area contributed by atoms with E-state index < -0.39 is 13.7 Å². The predicted molar refractivity (Wildman–Crippen MR) is 171 cm³/mol. The number of ether oxygens (including phenoxy) is 1. The maximum Gasteiger partial charge on any atom is 0.476 e. The Morgan fingerprint density at radius 1 is 0.932 bits per heavy atom. The van der Waals surface area contributed by atoms with Gasteiger partial charge in [0.05, 0.1) is 24.3 Å². The number of phosphoric ester groups is 1. The van der Waals surface area contributed by atoms with Crippen LogP contribution in [0.1, 0.15) is 72.7 Å². The molecule has 44 heavy (non-hydrogen) atoms. The molecule has 0 unspecified atom stereocenters. The van der Waals surface area contributed by atoms with Gasteiger partial charge in [-0.05, 0) is 77.3 Å². The molecule has 234 valence electrons. The highest BCUT2D eigenvalue weighted by Crippen LogP contribution is 2.51. The summed E-state index contributed by atoms with van der Waals surface area (Å²) in [7, 11) is -3.88. The first kappa shape index (κ1) is 32.2. The molecule has 1 saturated carbocycles. The molecule has 4 aromatic rings. The molecule has 1 aliphatic carbocycles. The van der Waals surface area contributed by atoms with Crippen molar-refractivity contribution < 1.29 is 32.5 Å². The van der Waals surface area contributed by atoms with Gasteiger partial charge in [-0.2, -0.15) is 0 Å². The van der Waals surface area contributed by atoms with Crippen LogP contribution in [0.3, 0.4) is 0 Å². The molecule has 2 N–H and O–H groups in total. The lowest BCUT2D eigenvalue weighted by Crippen LogP contribution is -2.16. The predicted octanol–water partition coefficient (Wildman–Crippen LogP) is 8.11. The number of nitrogens with zero attached hydrogens (tertiary/aromatic N) is 1. The summed E-state index contributed by atoms with van der Waals surface area (Å²) in [5.41, 5.74) is 8.11. The van der Waals surface area contributed by atoms with Gasteiger partial charge in [-0.25, -0.2) is 4.57 Å². The second kappa shape index (κ2) is 13.4. The first-order valence-electron chi connectivity index (χ1n) is 14.8. The summed E-state index contributed by atoms with van der Waals surface area (Å²) in [5.74, 6) is -0.0507. The SMILES string of the molecule is CC(C)COP(=O)(OCC(C)C)OCn1cc(C(=O)COc2cc3ccc(Cl)cc3cc2C(N)=O)c2ccc(C3CC3)cc21. The van der Waals surface area contributed by atoms with E-state index in [-0.39, 0.29) is 55.5 Å². The van der Waals surface area contributed by atoms with Gasteiger partial charge in [0.2, 0.25) is 5.78 Å². The van der Waals surface area contributed by atoms with Gasteiger partial charge in [-0.1, -0.05) is 57.5 Å². The zero-order chi connectivity index (χ0) is 31.6. The molecule has 9 nitrogen and oxygen atoms in total. The smallest absolute Gasteiger partial charge is 0.476 e. The molecule has 0 saturated heterocycles. The number of rotatable bonds is 15. The molecule has 0 radical (unpaired) electrons. The number of fused-ring (bicyclic) bond motifs is 2. The zero-order valence-electron chi connectivity index (χ0n) is 25.4. The summed E-state index contributed by atoms with van der Waals surface area (Å²) in [6, 6.07) is 14.5. The Kier molecular flexibility index (Phi) is 9.83. The Morgan fingerprint density at radius 3 is 2.27 bits per heavy atom. The molecule has 3 aromatic carbocycles. The largest absolute Gasteiger partial charge is 0.485 e. The number of primary amides is 1. The van der Waals surface area contributed by atoms with Crippen molar-refractivity contribution in [1.82, 2.24) is 4.57 Å². The van der Waals surface area contributed by atoms with Gasteiger partial charge in [0, 0.05) is 22.2 Å². The summed E-state index contributed by atoms with van der Waals surface area (Å²) >= 11 is 6.11. The molecule has 5 rings (SSSR count). The second-order valence-corrected chi connectivity index (χ2v) is 14.2. The van der Waals surface area contributed by atoms with E-state index in [0.29, 0.717) is 21.9 Å². The fourth-order valence-corrected chi connectivity index (χ4v) is 6.45. The van der Waals surface area contributed by atoms with E-state index in [1.54, 1.807) is 41.1 Å². The highest BCUT2D eigenvalue weighted by Gasteiger charge is 2.29. The van der Waals surface area contributed by atoms with Crippen LogP contribution in [-0.2, 0) is 24.9 Å². The Labute approximate surface area is 262 Å². The average Bonchev–Trinajstić information content (AvgIpc) is 3.77. The van der Waals surface area contributed by atoms with Crippen molar-refractivity contribution in [3.8, 4) is 5.75 Å². The summed E-state index contributed by atoms with van der Waals surface area (Å²) in [4.78, 5) is 25.8.